The summed E-state index contributed by atoms with van der Waals surface area (Å²) in [7, 11) is 0. The molecule has 1 aromatic heterocycles. The molecule has 0 N–H and O–H groups in total. The molecule has 0 aliphatic heterocycles. The summed E-state index contributed by atoms with van der Waals surface area (Å²) in [6.45, 7) is 3.79. The third kappa shape index (κ3) is 3.46. The zero-order valence-electron chi connectivity index (χ0n) is 13.1. The molecule has 0 saturated heterocycles. The van der Waals surface area contributed by atoms with Crippen LogP contribution >= 0.6 is 0 Å². The number of benzene rings is 2. The summed E-state index contributed by atoms with van der Waals surface area (Å²) in [6, 6.07) is 17.5. The Morgan fingerprint density at radius 2 is 1.70 bits per heavy atom. The smallest absolute Gasteiger partial charge is 0.226 e. The summed E-state index contributed by atoms with van der Waals surface area (Å²) in [4.78, 5) is 16.7. The van der Waals surface area contributed by atoms with Crippen LogP contribution in [0.2, 0.25) is 0 Å². The van der Waals surface area contributed by atoms with E-state index in [1.807, 2.05) is 61.5 Å². The molecule has 2 aromatic carbocycles. The number of ketones is 1. The van der Waals surface area contributed by atoms with Gasteiger partial charge in [-0.15, -0.1) is 0 Å². The molecule has 0 aliphatic rings. The van der Waals surface area contributed by atoms with Gasteiger partial charge in [-0.1, -0.05) is 54.1 Å². The van der Waals surface area contributed by atoms with Crippen molar-refractivity contribution in [3.05, 3.63) is 83.3 Å². The average Bonchev–Trinajstić information content (AvgIpc) is 2.97. The van der Waals surface area contributed by atoms with Crippen molar-refractivity contribution in [2.75, 3.05) is 0 Å². The topological polar surface area (TPSA) is 43.1 Å². The number of nitrogens with zero attached hydrogens (tertiary/aromatic N) is 1. The van der Waals surface area contributed by atoms with Gasteiger partial charge in [0.1, 0.15) is 5.76 Å². The highest BCUT2D eigenvalue weighted by Crippen LogP contribution is 2.22. The van der Waals surface area contributed by atoms with Crippen molar-refractivity contribution in [3.8, 4) is 11.5 Å². The summed E-state index contributed by atoms with van der Waals surface area (Å²) in [5, 5.41) is 0. The van der Waals surface area contributed by atoms with Gasteiger partial charge in [-0.25, -0.2) is 4.98 Å². The standard InChI is InChI=1S/C20H17NO2/c1-14-8-10-16(11-9-14)12-13-18(22)19-15(2)23-20(21-19)17-6-4-3-5-7-17/h3-13H,1-2H3. The molecule has 23 heavy (non-hydrogen) atoms. The van der Waals surface area contributed by atoms with E-state index >= 15 is 0 Å². The van der Waals surface area contributed by atoms with Crippen LogP contribution in [0.4, 0.5) is 0 Å². The minimum atomic E-state index is -0.158. The second-order valence-electron chi connectivity index (χ2n) is 5.40. The van der Waals surface area contributed by atoms with E-state index in [1.54, 1.807) is 13.0 Å². The van der Waals surface area contributed by atoms with E-state index in [0.717, 1.165) is 11.1 Å². The first-order valence-electron chi connectivity index (χ1n) is 7.45. The van der Waals surface area contributed by atoms with Crippen LogP contribution in [0.15, 0.2) is 65.1 Å². The lowest BCUT2D eigenvalue weighted by atomic mass is 10.1. The molecule has 1 heterocycles. The second-order valence-corrected chi connectivity index (χ2v) is 5.40. The summed E-state index contributed by atoms with van der Waals surface area (Å²) >= 11 is 0. The Bertz CT molecular complexity index is 843. The largest absolute Gasteiger partial charge is 0.441 e. The van der Waals surface area contributed by atoms with Gasteiger partial charge in [-0.05, 0) is 37.6 Å². The Labute approximate surface area is 135 Å². The van der Waals surface area contributed by atoms with Crippen molar-refractivity contribution in [1.82, 2.24) is 4.98 Å². The number of aryl methyl sites for hydroxylation is 2. The third-order valence-corrected chi connectivity index (χ3v) is 3.56. The van der Waals surface area contributed by atoms with Gasteiger partial charge in [0, 0.05) is 5.56 Å². The molecule has 0 atom stereocenters. The fourth-order valence-electron chi connectivity index (χ4n) is 2.26. The zero-order valence-corrected chi connectivity index (χ0v) is 13.1. The lowest BCUT2D eigenvalue weighted by molar-refractivity contribution is 0.104. The zero-order chi connectivity index (χ0) is 16.2. The summed E-state index contributed by atoms with van der Waals surface area (Å²) in [5.74, 6) is 0.839. The van der Waals surface area contributed by atoms with Gasteiger partial charge in [0.05, 0.1) is 0 Å². The molecule has 0 radical (unpaired) electrons. The molecule has 0 saturated carbocycles. The molecule has 0 spiro atoms. The van der Waals surface area contributed by atoms with Gasteiger partial charge in [-0.3, -0.25) is 4.79 Å². The van der Waals surface area contributed by atoms with Crippen LogP contribution in [0.3, 0.4) is 0 Å². The Kier molecular flexibility index (Phi) is 4.20. The fraction of sp³-hybridized carbons (Fsp3) is 0.100. The van der Waals surface area contributed by atoms with Crippen LogP contribution < -0.4 is 0 Å². The first kappa shape index (κ1) is 15.0. The molecule has 3 aromatic rings. The first-order valence-corrected chi connectivity index (χ1v) is 7.45. The molecule has 0 aliphatic carbocycles. The number of carbonyl (C=O) groups excluding carboxylic acids is 1. The molecule has 0 bridgehead atoms. The molecule has 3 heteroatoms. The lowest BCUT2D eigenvalue weighted by Gasteiger charge is -1.94. The lowest BCUT2D eigenvalue weighted by Crippen LogP contribution is -1.97. The first-order chi connectivity index (χ1) is 11.1. The number of hydrogen-bond donors (Lipinski definition) is 0. The van der Waals surface area contributed by atoms with E-state index < -0.39 is 0 Å². The van der Waals surface area contributed by atoms with Crippen LogP contribution in [0.1, 0.15) is 27.4 Å². The number of carbonyl (C=O) groups is 1. The highest BCUT2D eigenvalue weighted by atomic mass is 16.4. The maximum atomic E-state index is 12.3. The predicted molar refractivity (Wildman–Crippen MR) is 91.2 cm³/mol. The van der Waals surface area contributed by atoms with E-state index in [-0.39, 0.29) is 5.78 Å². The van der Waals surface area contributed by atoms with Crippen molar-refractivity contribution in [1.29, 1.82) is 0 Å². The Hall–Kier alpha value is -2.94. The van der Waals surface area contributed by atoms with Gasteiger partial charge in [-0.2, -0.15) is 0 Å². The molecular weight excluding hydrogens is 286 g/mol. The average molecular weight is 303 g/mol. The Morgan fingerprint density at radius 1 is 1.00 bits per heavy atom. The van der Waals surface area contributed by atoms with Gasteiger partial charge in [0.15, 0.2) is 5.69 Å². The fourth-order valence-corrected chi connectivity index (χ4v) is 2.26. The van der Waals surface area contributed by atoms with Crippen LogP contribution in [0.5, 0.6) is 0 Å². The minimum Gasteiger partial charge on any atom is -0.441 e. The van der Waals surface area contributed by atoms with Crippen LogP contribution in [-0.4, -0.2) is 10.8 Å². The number of rotatable bonds is 4. The van der Waals surface area contributed by atoms with Gasteiger partial charge in [0.2, 0.25) is 11.7 Å². The molecule has 0 fully saturated rings. The Morgan fingerprint density at radius 3 is 2.39 bits per heavy atom. The van der Waals surface area contributed by atoms with Crippen molar-refractivity contribution >= 4 is 11.9 Å². The van der Waals surface area contributed by atoms with Crippen LogP contribution in [-0.2, 0) is 0 Å². The number of allylic oxidation sites excluding steroid dienone is 1. The SMILES string of the molecule is Cc1ccc(C=CC(=O)c2nc(-c3ccccc3)oc2C)cc1. The summed E-state index contributed by atoms with van der Waals surface area (Å²) in [6.07, 6.45) is 3.32. The number of hydrogen-bond acceptors (Lipinski definition) is 3. The van der Waals surface area contributed by atoms with Crippen molar-refractivity contribution in [2.24, 2.45) is 0 Å². The summed E-state index contributed by atoms with van der Waals surface area (Å²) in [5.41, 5.74) is 3.38. The molecular formula is C20H17NO2. The maximum absolute atomic E-state index is 12.3. The molecule has 0 amide bonds. The minimum absolute atomic E-state index is 0.158. The molecule has 0 unspecified atom stereocenters. The monoisotopic (exact) mass is 303 g/mol. The van der Waals surface area contributed by atoms with E-state index in [9.17, 15) is 4.79 Å². The van der Waals surface area contributed by atoms with Crippen molar-refractivity contribution < 1.29 is 9.21 Å². The normalized spacial score (nSPS) is 11.0. The van der Waals surface area contributed by atoms with Gasteiger partial charge in [0.25, 0.3) is 0 Å². The quantitative estimate of drug-likeness (QED) is 0.511. The number of aromatic nitrogens is 1. The highest BCUT2D eigenvalue weighted by molar-refractivity contribution is 6.06. The Balaban J connectivity index is 1.83. The van der Waals surface area contributed by atoms with E-state index in [2.05, 4.69) is 4.98 Å². The second kappa shape index (κ2) is 6.44. The van der Waals surface area contributed by atoms with Crippen molar-refractivity contribution in [2.45, 2.75) is 13.8 Å². The summed E-state index contributed by atoms with van der Waals surface area (Å²) < 4.78 is 5.62. The van der Waals surface area contributed by atoms with E-state index in [4.69, 9.17) is 4.42 Å². The highest BCUT2D eigenvalue weighted by Gasteiger charge is 2.15. The molecule has 3 nitrogen and oxygen atoms in total. The van der Waals surface area contributed by atoms with Crippen molar-refractivity contribution in [3.63, 3.8) is 0 Å². The van der Waals surface area contributed by atoms with Crippen LogP contribution in [0, 0.1) is 13.8 Å². The van der Waals surface area contributed by atoms with E-state index in [1.165, 1.54) is 11.6 Å². The van der Waals surface area contributed by atoms with Gasteiger partial charge < -0.3 is 4.42 Å². The van der Waals surface area contributed by atoms with Crippen LogP contribution in [0.25, 0.3) is 17.5 Å². The molecule has 3 rings (SSSR count). The van der Waals surface area contributed by atoms with E-state index in [0.29, 0.717) is 17.3 Å². The predicted octanol–water partition coefficient (Wildman–Crippen LogP) is 4.85. The third-order valence-electron chi connectivity index (χ3n) is 3.56. The maximum Gasteiger partial charge on any atom is 0.226 e. The number of oxazole rings is 1. The van der Waals surface area contributed by atoms with Gasteiger partial charge >= 0.3 is 0 Å². The molecule has 114 valence electrons.